The summed E-state index contributed by atoms with van der Waals surface area (Å²) in [7, 11) is 0. The summed E-state index contributed by atoms with van der Waals surface area (Å²) in [6, 6.07) is 5.17. The van der Waals surface area contributed by atoms with Gasteiger partial charge in [0.15, 0.2) is 0 Å². The molecule has 0 aromatic heterocycles. The number of hydrogen-bond acceptors (Lipinski definition) is 12. The van der Waals surface area contributed by atoms with Gasteiger partial charge in [-0.1, -0.05) is 24.3 Å². The molecule has 0 spiro atoms. The predicted molar refractivity (Wildman–Crippen MR) is 179 cm³/mol. The van der Waals surface area contributed by atoms with E-state index in [1.54, 1.807) is 27.7 Å². The van der Waals surface area contributed by atoms with Crippen LogP contribution in [0.5, 0.6) is 11.5 Å². The van der Waals surface area contributed by atoms with Crippen molar-refractivity contribution in [2.75, 3.05) is 6.54 Å². The first-order valence-electron chi connectivity index (χ1n) is 14.9. The molecule has 2 aromatic rings. The highest BCUT2D eigenvalue weighted by atomic mass is 32.2. The van der Waals surface area contributed by atoms with Gasteiger partial charge in [0.1, 0.15) is 41.7 Å². The number of phenols is 2. The number of carboxylic acids is 2. The summed E-state index contributed by atoms with van der Waals surface area (Å²) < 4.78 is -1.56. The van der Waals surface area contributed by atoms with Gasteiger partial charge in [-0.3, -0.25) is 34.6 Å². The number of nitrogens with one attached hydrogen (secondary N) is 5. The van der Waals surface area contributed by atoms with Crippen LogP contribution in [0.2, 0.25) is 0 Å². The second-order valence-corrected chi connectivity index (χ2v) is 16.2. The van der Waals surface area contributed by atoms with Crippen molar-refractivity contribution in [3.63, 3.8) is 0 Å². The Kier molecular flexibility index (Phi) is 11.2. The Hall–Kier alpha value is -4.03. The lowest BCUT2D eigenvalue weighted by molar-refractivity contribution is -0.141. The summed E-state index contributed by atoms with van der Waals surface area (Å²) in [5, 5.41) is 51.4. The molecule has 17 heteroatoms. The highest BCUT2D eigenvalue weighted by molar-refractivity contribution is 8.01. The quantitative estimate of drug-likeness (QED) is 0.143. The average molecular weight is 705 g/mol. The van der Waals surface area contributed by atoms with Gasteiger partial charge in [0.25, 0.3) is 0 Å². The number of thioether (sulfide) groups is 2. The lowest BCUT2D eigenvalue weighted by Crippen LogP contribution is -2.59. The number of aliphatic carboxylic acids is 2. The molecule has 0 radical (unpaired) electrons. The van der Waals surface area contributed by atoms with Crippen molar-refractivity contribution in [1.29, 1.82) is 0 Å². The standard InChI is InChI=1S/C31H40N6O9S2/c1-30(2)22(28(43)44)34-18(47-30)13-33-25(41)20(15-7-11-17(39)12-8-15)35-26(42)21(27-37-23(29(45)46)31(3,4)48-27)36-24(40)19(32)14-5-9-16(38)10-6-14/h5-12,18-23,27,34,37-39H,13,32H2,1-4H3,(H,33,41)(H,35,42)(H,36,40)(H,43,44)(H,45,46)/t18?,19-,20-,21-,22+,23+,27?/m1/s1. The first kappa shape index (κ1) is 36.8. The molecule has 2 unspecified atom stereocenters. The fourth-order valence-electron chi connectivity index (χ4n) is 5.50. The first-order valence-corrected chi connectivity index (χ1v) is 16.7. The Bertz CT molecular complexity index is 1540. The fraction of sp³-hybridized carbons (Fsp3) is 0.452. The molecule has 3 amide bonds. The number of rotatable bonds is 12. The summed E-state index contributed by atoms with van der Waals surface area (Å²) in [5.74, 6) is -4.57. The molecule has 2 aliphatic rings. The van der Waals surface area contributed by atoms with E-state index < -0.39 is 80.1 Å². The molecule has 0 bridgehead atoms. The Morgan fingerprint density at radius 2 is 1.25 bits per heavy atom. The second kappa shape index (κ2) is 14.6. The van der Waals surface area contributed by atoms with E-state index in [1.807, 2.05) is 0 Å². The summed E-state index contributed by atoms with van der Waals surface area (Å²) in [5.41, 5.74) is 6.82. The molecule has 260 valence electrons. The molecule has 0 aliphatic carbocycles. The zero-order chi connectivity index (χ0) is 35.6. The minimum Gasteiger partial charge on any atom is -0.508 e. The maximum Gasteiger partial charge on any atom is 0.322 e. The number of aromatic hydroxyl groups is 2. The Balaban J connectivity index is 1.59. The number of benzene rings is 2. The first-order chi connectivity index (χ1) is 22.4. The Morgan fingerprint density at radius 3 is 1.75 bits per heavy atom. The molecule has 2 fully saturated rings. The second-order valence-electron chi connectivity index (χ2n) is 12.6. The predicted octanol–water partition coefficient (Wildman–Crippen LogP) is 0.345. The van der Waals surface area contributed by atoms with Crippen LogP contribution in [0.4, 0.5) is 0 Å². The van der Waals surface area contributed by atoms with Crippen LogP contribution in [0.15, 0.2) is 48.5 Å². The van der Waals surface area contributed by atoms with Crippen molar-refractivity contribution in [3.8, 4) is 11.5 Å². The van der Waals surface area contributed by atoms with E-state index >= 15 is 0 Å². The van der Waals surface area contributed by atoms with Crippen LogP contribution < -0.4 is 32.3 Å². The third-order valence-electron chi connectivity index (χ3n) is 8.10. The van der Waals surface area contributed by atoms with Crippen LogP contribution >= 0.6 is 23.5 Å². The molecule has 7 atom stereocenters. The summed E-state index contributed by atoms with van der Waals surface area (Å²) >= 11 is 2.46. The van der Waals surface area contributed by atoms with E-state index in [0.29, 0.717) is 5.56 Å². The van der Waals surface area contributed by atoms with E-state index in [-0.39, 0.29) is 23.6 Å². The third-order valence-corrected chi connectivity index (χ3v) is 11.0. The maximum atomic E-state index is 14.1. The minimum absolute atomic E-state index is 0.0112. The summed E-state index contributed by atoms with van der Waals surface area (Å²) in [4.78, 5) is 64.9. The fourth-order valence-corrected chi connectivity index (χ4v) is 8.40. The van der Waals surface area contributed by atoms with E-state index in [0.717, 1.165) is 11.8 Å². The number of nitrogens with two attached hydrogens (primary N) is 1. The van der Waals surface area contributed by atoms with Crippen LogP contribution in [0.25, 0.3) is 0 Å². The zero-order valence-electron chi connectivity index (χ0n) is 26.6. The zero-order valence-corrected chi connectivity index (χ0v) is 28.2. The third kappa shape index (κ3) is 8.51. The van der Waals surface area contributed by atoms with Gasteiger partial charge in [-0.2, -0.15) is 0 Å². The van der Waals surface area contributed by atoms with E-state index in [9.17, 15) is 44.4 Å². The SMILES string of the molecule is CC1(C)SC(CNC(=O)[C@H](NC(=O)[C@@H](NC(=O)[C@H](N)c2ccc(O)cc2)C2N[C@@H](C(=O)O)C(C)(C)S2)c2ccc(O)cc2)N[C@H]1C(=O)O. The molecule has 15 nitrogen and oxygen atoms in total. The smallest absolute Gasteiger partial charge is 0.322 e. The number of carboxylic acid groups (broad SMARTS) is 2. The Morgan fingerprint density at radius 1 is 0.750 bits per heavy atom. The number of phenolic OH excluding ortho intramolecular Hbond substituents is 2. The van der Waals surface area contributed by atoms with E-state index in [1.165, 1.54) is 60.3 Å². The lowest BCUT2D eigenvalue weighted by Gasteiger charge is -2.28. The van der Waals surface area contributed by atoms with Crippen molar-refractivity contribution in [2.24, 2.45) is 5.73 Å². The van der Waals surface area contributed by atoms with Crippen LogP contribution in [-0.4, -0.2) is 95.0 Å². The highest BCUT2D eigenvalue weighted by Crippen LogP contribution is 2.40. The van der Waals surface area contributed by atoms with Gasteiger partial charge >= 0.3 is 11.9 Å². The number of amides is 3. The van der Waals surface area contributed by atoms with Crippen molar-refractivity contribution >= 4 is 53.2 Å². The van der Waals surface area contributed by atoms with Gasteiger partial charge in [-0.05, 0) is 63.1 Å². The molecule has 2 saturated heterocycles. The van der Waals surface area contributed by atoms with Gasteiger partial charge in [0.05, 0.1) is 10.7 Å². The molecule has 48 heavy (non-hydrogen) atoms. The lowest BCUT2D eigenvalue weighted by atomic mass is 10.0. The van der Waals surface area contributed by atoms with Gasteiger partial charge < -0.3 is 42.1 Å². The Labute approximate surface area is 285 Å². The molecule has 0 saturated carbocycles. The monoisotopic (exact) mass is 704 g/mol. The van der Waals surface area contributed by atoms with Crippen LogP contribution in [0.3, 0.4) is 0 Å². The topological polar surface area (TPSA) is 252 Å². The van der Waals surface area contributed by atoms with Gasteiger partial charge in [-0.25, -0.2) is 0 Å². The molecule has 2 heterocycles. The maximum absolute atomic E-state index is 14.1. The van der Waals surface area contributed by atoms with Crippen molar-refractivity contribution in [3.05, 3.63) is 59.7 Å². The molecule has 4 rings (SSSR count). The molecule has 2 aliphatic heterocycles. The highest BCUT2D eigenvalue weighted by Gasteiger charge is 2.50. The van der Waals surface area contributed by atoms with Gasteiger partial charge in [0, 0.05) is 16.0 Å². The number of hydrogen-bond donors (Lipinski definition) is 10. The van der Waals surface area contributed by atoms with Crippen molar-refractivity contribution < 1.29 is 44.4 Å². The molecule has 11 N–H and O–H groups in total. The number of carbonyl (C=O) groups excluding carboxylic acids is 3. The molecule has 2 aromatic carbocycles. The number of carbonyl (C=O) groups is 5. The normalized spacial score (nSPS) is 24.5. The largest absolute Gasteiger partial charge is 0.508 e. The molecular weight excluding hydrogens is 665 g/mol. The summed E-state index contributed by atoms with van der Waals surface area (Å²) in [6.07, 6.45) is 0. The van der Waals surface area contributed by atoms with Gasteiger partial charge in [-0.15, -0.1) is 23.5 Å². The van der Waals surface area contributed by atoms with Crippen LogP contribution in [0, 0.1) is 0 Å². The van der Waals surface area contributed by atoms with E-state index in [2.05, 4.69) is 26.6 Å². The van der Waals surface area contributed by atoms with Gasteiger partial charge in [0.2, 0.25) is 17.7 Å². The average Bonchev–Trinajstić information content (AvgIpc) is 3.51. The van der Waals surface area contributed by atoms with E-state index in [4.69, 9.17) is 5.73 Å². The molecular formula is C31H40N6O9S2. The minimum atomic E-state index is -1.43. The van der Waals surface area contributed by atoms with Crippen LogP contribution in [0.1, 0.15) is 50.9 Å². The van der Waals surface area contributed by atoms with Crippen LogP contribution in [-0.2, 0) is 24.0 Å². The van der Waals surface area contributed by atoms with Crippen molar-refractivity contribution in [1.82, 2.24) is 26.6 Å². The summed E-state index contributed by atoms with van der Waals surface area (Å²) in [6.45, 7) is 6.92. The van der Waals surface area contributed by atoms with Crippen molar-refractivity contribution in [2.45, 2.75) is 78.1 Å².